The van der Waals surface area contributed by atoms with Crippen molar-refractivity contribution in [3.63, 3.8) is 0 Å². The molecule has 8 nitrogen and oxygen atoms in total. The Hall–Kier alpha value is -3.39. The van der Waals surface area contributed by atoms with Crippen molar-refractivity contribution in [2.24, 2.45) is 5.92 Å². The molecule has 2 amide bonds. The number of hydrogen-bond acceptors (Lipinski definition) is 5. The van der Waals surface area contributed by atoms with Crippen LogP contribution in [-0.2, 0) is 19.1 Å². The number of carbonyl (C=O) groups excluding carboxylic acids is 2. The summed E-state index contributed by atoms with van der Waals surface area (Å²) >= 11 is 0. The van der Waals surface area contributed by atoms with Gasteiger partial charge in [-0.3, -0.25) is 9.59 Å². The SMILES string of the molecule is O=C(O)CC1CCN(C(=O)CCOCCNC(=O)OCC2c3ccccc3-c3ccccc32)C1. The van der Waals surface area contributed by atoms with Gasteiger partial charge in [-0.1, -0.05) is 48.5 Å². The van der Waals surface area contributed by atoms with E-state index < -0.39 is 12.1 Å². The Balaban J connectivity index is 1.11. The Labute approximate surface area is 198 Å². The van der Waals surface area contributed by atoms with E-state index in [9.17, 15) is 14.4 Å². The first kappa shape index (κ1) is 23.8. The smallest absolute Gasteiger partial charge is 0.407 e. The van der Waals surface area contributed by atoms with Crippen molar-refractivity contribution in [3.8, 4) is 11.1 Å². The summed E-state index contributed by atoms with van der Waals surface area (Å²) in [5, 5.41) is 11.6. The molecule has 34 heavy (non-hydrogen) atoms. The monoisotopic (exact) mass is 466 g/mol. The maximum atomic E-state index is 12.2. The minimum absolute atomic E-state index is 0.0149. The van der Waals surface area contributed by atoms with E-state index in [0.29, 0.717) is 13.1 Å². The number of amides is 2. The van der Waals surface area contributed by atoms with Gasteiger partial charge >= 0.3 is 12.1 Å². The Morgan fingerprint density at radius 3 is 2.35 bits per heavy atom. The molecule has 1 fully saturated rings. The summed E-state index contributed by atoms with van der Waals surface area (Å²) in [5.41, 5.74) is 4.69. The number of benzene rings is 2. The van der Waals surface area contributed by atoms with Crippen LogP contribution in [0.5, 0.6) is 0 Å². The molecule has 4 rings (SSSR count). The van der Waals surface area contributed by atoms with Gasteiger partial charge in [-0.15, -0.1) is 0 Å². The number of rotatable bonds is 10. The Bertz CT molecular complexity index is 994. The minimum atomic E-state index is -0.827. The fraction of sp³-hybridized carbons (Fsp3) is 0.423. The topological polar surface area (TPSA) is 105 Å². The summed E-state index contributed by atoms with van der Waals surface area (Å²) in [6, 6.07) is 16.4. The summed E-state index contributed by atoms with van der Waals surface area (Å²) in [5.74, 6) is -0.811. The molecule has 1 unspecified atom stereocenters. The van der Waals surface area contributed by atoms with Crippen LogP contribution in [0.15, 0.2) is 48.5 Å². The number of aliphatic carboxylic acids is 1. The van der Waals surface area contributed by atoms with Crippen molar-refractivity contribution < 1.29 is 29.0 Å². The van der Waals surface area contributed by atoms with Crippen LogP contribution in [0, 0.1) is 5.92 Å². The summed E-state index contributed by atoms with van der Waals surface area (Å²) in [4.78, 5) is 36.9. The zero-order valence-electron chi connectivity index (χ0n) is 19.1. The second-order valence-electron chi connectivity index (χ2n) is 8.71. The molecule has 1 aliphatic carbocycles. The van der Waals surface area contributed by atoms with Crippen molar-refractivity contribution >= 4 is 18.0 Å². The van der Waals surface area contributed by atoms with Crippen LogP contribution < -0.4 is 5.32 Å². The third-order valence-corrected chi connectivity index (χ3v) is 6.42. The molecule has 1 aliphatic heterocycles. The fourth-order valence-corrected chi connectivity index (χ4v) is 4.77. The number of nitrogens with zero attached hydrogens (tertiary/aromatic N) is 1. The van der Waals surface area contributed by atoms with Crippen molar-refractivity contribution in [2.45, 2.75) is 25.2 Å². The third kappa shape index (κ3) is 5.75. The summed E-state index contributed by atoms with van der Waals surface area (Å²) in [7, 11) is 0. The molecule has 1 saturated heterocycles. The Morgan fingerprint density at radius 2 is 1.68 bits per heavy atom. The van der Waals surface area contributed by atoms with Crippen molar-refractivity contribution in [3.05, 3.63) is 59.7 Å². The number of carbonyl (C=O) groups is 3. The van der Waals surface area contributed by atoms with Gasteiger partial charge in [0.1, 0.15) is 6.61 Å². The quantitative estimate of drug-likeness (QED) is 0.521. The number of carboxylic acids is 1. The van der Waals surface area contributed by atoms with Crippen molar-refractivity contribution in [1.82, 2.24) is 10.2 Å². The lowest BCUT2D eigenvalue weighted by Crippen LogP contribution is -2.31. The normalized spacial score (nSPS) is 16.7. The number of nitrogens with one attached hydrogen (secondary N) is 1. The van der Waals surface area contributed by atoms with Gasteiger partial charge in [0.25, 0.3) is 0 Å². The average molecular weight is 467 g/mol. The molecule has 180 valence electrons. The highest BCUT2D eigenvalue weighted by atomic mass is 16.5. The van der Waals surface area contributed by atoms with Crippen molar-refractivity contribution in [1.29, 1.82) is 0 Å². The fourth-order valence-electron chi connectivity index (χ4n) is 4.77. The van der Waals surface area contributed by atoms with Gasteiger partial charge in [0.2, 0.25) is 5.91 Å². The third-order valence-electron chi connectivity index (χ3n) is 6.42. The van der Waals surface area contributed by atoms with Gasteiger partial charge in [-0.2, -0.15) is 0 Å². The molecule has 0 saturated carbocycles. The second-order valence-corrected chi connectivity index (χ2v) is 8.71. The lowest BCUT2D eigenvalue weighted by Gasteiger charge is -2.16. The highest BCUT2D eigenvalue weighted by Gasteiger charge is 2.29. The zero-order chi connectivity index (χ0) is 23.9. The molecule has 8 heteroatoms. The van der Waals surface area contributed by atoms with Crippen LogP contribution >= 0.6 is 0 Å². The van der Waals surface area contributed by atoms with Gasteiger partial charge in [-0.05, 0) is 34.6 Å². The predicted molar refractivity (Wildman–Crippen MR) is 125 cm³/mol. The van der Waals surface area contributed by atoms with Gasteiger partial charge in [-0.25, -0.2) is 4.79 Å². The minimum Gasteiger partial charge on any atom is -0.481 e. The number of alkyl carbamates (subject to hydrolysis) is 1. The molecule has 2 aromatic carbocycles. The number of carboxylic acid groups (broad SMARTS) is 1. The van der Waals surface area contributed by atoms with Crippen LogP contribution in [0.1, 0.15) is 36.3 Å². The molecule has 0 bridgehead atoms. The van der Waals surface area contributed by atoms with E-state index in [4.69, 9.17) is 14.6 Å². The highest BCUT2D eigenvalue weighted by Crippen LogP contribution is 2.44. The van der Waals surface area contributed by atoms with E-state index in [0.717, 1.165) is 17.5 Å². The van der Waals surface area contributed by atoms with E-state index in [1.165, 1.54) is 11.1 Å². The van der Waals surface area contributed by atoms with Crippen LogP contribution in [0.3, 0.4) is 0 Å². The first-order valence-corrected chi connectivity index (χ1v) is 11.7. The first-order chi connectivity index (χ1) is 16.5. The Morgan fingerprint density at radius 1 is 1.00 bits per heavy atom. The molecule has 0 spiro atoms. The maximum absolute atomic E-state index is 12.2. The molecule has 1 atom stereocenters. The molecular formula is C26H30N2O6. The average Bonchev–Trinajstić information content (AvgIpc) is 3.42. The van der Waals surface area contributed by atoms with Crippen LogP contribution in [0.2, 0.25) is 0 Å². The molecule has 0 radical (unpaired) electrons. The Kier molecular flexibility index (Phi) is 7.80. The highest BCUT2D eigenvalue weighted by molar-refractivity contribution is 5.79. The first-order valence-electron chi connectivity index (χ1n) is 11.7. The molecule has 2 N–H and O–H groups in total. The number of ether oxygens (including phenoxy) is 2. The van der Waals surface area contributed by atoms with Gasteiger partial charge in [0.05, 0.1) is 19.6 Å². The van der Waals surface area contributed by atoms with E-state index in [1.54, 1.807) is 4.90 Å². The largest absolute Gasteiger partial charge is 0.481 e. The van der Waals surface area contributed by atoms with Gasteiger partial charge in [0.15, 0.2) is 0 Å². The lowest BCUT2D eigenvalue weighted by atomic mass is 9.98. The van der Waals surface area contributed by atoms with Crippen LogP contribution in [0.4, 0.5) is 4.79 Å². The lowest BCUT2D eigenvalue weighted by molar-refractivity contribution is -0.138. The summed E-state index contributed by atoms with van der Waals surface area (Å²) < 4.78 is 10.9. The number of likely N-dealkylation sites (tertiary alicyclic amines) is 1. The van der Waals surface area contributed by atoms with Gasteiger partial charge in [0, 0.05) is 32.0 Å². The number of fused-ring (bicyclic) bond motifs is 3. The van der Waals surface area contributed by atoms with E-state index in [2.05, 4.69) is 29.6 Å². The number of hydrogen-bond donors (Lipinski definition) is 2. The van der Waals surface area contributed by atoms with E-state index >= 15 is 0 Å². The maximum Gasteiger partial charge on any atom is 0.407 e. The standard InChI is InChI=1S/C26H30N2O6/c29-24(28-12-9-18(16-28)15-25(30)31)10-13-33-14-11-27-26(32)34-17-23-21-7-3-1-5-19(21)20-6-2-4-8-22(20)23/h1-8,18,23H,9-17H2,(H,27,32)(H,30,31). The van der Waals surface area contributed by atoms with Crippen molar-refractivity contribution in [2.75, 3.05) is 39.5 Å². The van der Waals surface area contributed by atoms with E-state index in [-0.39, 0.29) is 57.0 Å². The predicted octanol–water partition coefficient (Wildman–Crippen LogP) is 3.26. The summed E-state index contributed by atoms with van der Waals surface area (Å²) in [6.07, 6.45) is 0.568. The molecule has 1 heterocycles. The summed E-state index contributed by atoms with van der Waals surface area (Å²) in [6.45, 7) is 2.17. The molecule has 0 aromatic heterocycles. The van der Waals surface area contributed by atoms with Gasteiger partial charge < -0.3 is 24.8 Å². The van der Waals surface area contributed by atoms with Crippen LogP contribution in [-0.4, -0.2) is 67.4 Å². The molecule has 2 aliphatic rings. The van der Waals surface area contributed by atoms with E-state index in [1.807, 2.05) is 24.3 Å². The molecular weight excluding hydrogens is 436 g/mol. The molecule has 2 aromatic rings. The zero-order valence-corrected chi connectivity index (χ0v) is 19.1. The second kappa shape index (κ2) is 11.2. The van der Waals surface area contributed by atoms with Crippen LogP contribution in [0.25, 0.3) is 11.1 Å².